The molecule has 136 valence electrons. The largest absolute Gasteiger partial charge is 0.478 e. The zero-order valence-corrected chi connectivity index (χ0v) is 14.6. The van der Waals surface area contributed by atoms with Gasteiger partial charge >= 0.3 is 12.0 Å². The van der Waals surface area contributed by atoms with Crippen molar-refractivity contribution in [2.45, 2.75) is 13.8 Å². The summed E-state index contributed by atoms with van der Waals surface area (Å²) >= 11 is 0. The van der Waals surface area contributed by atoms with E-state index in [4.69, 9.17) is 5.11 Å². The van der Waals surface area contributed by atoms with Crippen molar-refractivity contribution in [3.63, 3.8) is 0 Å². The van der Waals surface area contributed by atoms with E-state index in [0.29, 0.717) is 11.3 Å². The van der Waals surface area contributed by atoms with Crippen molar-refractivity contribution in [2.75, 3.05) is 4.90 Å². The molecule has 0 unspecified atom stereocenters. The van der Waals surface area contributed by atoms with Crippen LogP contribution in [0.15, 0.2) is 48.0 Å². The van der Waals surface area contributed by atoms with E-state index in [0.717, 1.165) is 16.0 Å². The number of carbonyl (C=O) groups is 4. The average Bonchev–Trinajstić information content (AvgIpc) is 2.58. The van der Waals surface area contributed by atoms with Crippen molar-refractivity contribution in [1.29, 1.82) is 0 Å². The number of hydrogen-bond donors (Lipinski definition) is 2. The summed E-state index contributed by atoms with van der Waals surface area (Å²) in [6, 6.07) is 10.2. The molecule has 4 amide bonds. The van der Waals surface area contributed by atoms with Gasteiger partial charge in [-0.2, -0.15) is 0 Å². The second kappa shape index (κ2) is 6.87. The molecule has 1 saturated heterocycles. The van der Waals surface area contributed by atoms with Gasteiger partial charge in [0.05, 0.1) is 11.3 Å². The average molecular weight is 364 g/mol. The minimum Gasteiger partial charge on any atom is -0.478 e. The van der Waals surface area contributed by atoms with Crippen molar-refractivity contribution >= 4 is 35.6 Å². The molecule has 0 saturated carbocycles. The number of barbiturate groups is 1. The number of hydrogen-bond acceptors (Lipinski definition) is 4. The topological polar surface area (TPSA) is 104 Å². The van der Waals surface area contributed by atoms with Gasteiger partial charge in [0.1, 0.15) is 5.57 Å². The summed E-state index contributed by atoms with van der Waals surface area (Å²) in [5.74, 6) is -2.61. The Hall–Kier alpha value is -3.74. The first-order valence-electron chi connectivity index (χ1n) is 8.09. The van der Waals surface area contributed by atoms with Crippen LogP contribution in [0.4, 0.5) is 10.5 Å². The first kappa shape index (κ1) is 18.1. The third kappa shape index (κ3) is 3.62. The Morgan fingerprint density at radius 1 is 1.00 bits per heavy atom. The number of aromatic carboxylic acids is 1. The first-order chi connectivity index (χ1) is 12.8. The van der Waals surface area contributed by atoms with E-state index in [1.54, 1.807) is 12.1 Å². The molecular formula is C20H16N2O5. The summed E-state index contributed by atoms with van der Waals surface area (Å²) in [5, 5.41) is 11.1. The van der Waals surface area contributed by atoms with E-state index in [1.807, 2.05) is 19.9 Å². The lowest BCUT2D eigenvalue weighted by molar-refractivity contribution is -0.122. The fourth-order valence-corrected chi connectivity index (χ4v) is 2.86. The SMILES string of the molecule is Cc1cc(C)cc(N2C(=O)NC(=O)C(=Cc3ccc(C(=O)O)cc3)C2=O)c1. The van der Waals surface area contributed by atoms with E-state index in [2.05, 4.69) is 5.32 Å². The molecule has 2 aromatic rings. The maximum atomic E-state index is 12.8. The molecule has 7 heteroatoms. The molecular weight excluding hydrogens is 348 g/mol. The van der Waals surface area contributed by atoms with Crippen LogP contribution in [-0.4, -0.2) is 28.9 Å². The summed E-state index contributed by atoms with van der Waals surface area (Å²) in [5.41, 5.74) is 2.46. The molecule has 0 radical (unpaired) electrons. The van der Waals surface area contributed by atoms with Crippen LogP contribution in [0, 0.1) is 13.8 Å². The van der Waals surface area contributed by atoms with Gasteiger partial charge in [0.15, 0.2) is 0 Å². The van der Waals surface area contributed by atoms with Crippen molar-refractivity contribution in [1.82, 2.24) is 5.32 Å². The number of benzene rings is 2. The number of urea groups is 1. The zero-order chi connectivity index (χ0) is 19.7. The molecule has 1 aliphatic rings. The fraction of sp³-hybridized carbons (Fsp3) is 0.100. The van der Waals surface area contributed by atoms with Crippen LogP contribution in [0.1, 0.15) is 27.0 Å². The summed E-state index contributed by atoms with van der Waals surface area (Å²) in [4.78, 5) is 49.1. The number of carboxylic acid groups (broad SMARTS) is 1. The molecule has 2 aromatic carbocycles. The highest BCUT2D eigenvalue weighted by Gasteiger charge is 2.36. The smallest absolute Gasteiger partial charge is 0.335 e. The van der Waals surface area contributed by atoms with E-state index in [9.17, 15) is 19.2 Å². The van der Waals surface area contributed by atoms with E-state index in [1.165, 1.54) is 30.3 Å². The Kier molecular flexibility index (Phi) is 4.60. The van der Waals surface area contributed by atoms with Crippen LogP contribution in [0.5, 0.6) is 0 Å². The Balaban J connectivity index is 2.00. The summed E-state index contributed by atoms with van der Waals surface area (Å²) in [7, 11) is 0. The number of carbonyl (C=O) groups excluding carboxylic acids is 3. The predicted molar refractivity (Wildman–Crippen MR) is 98.3 cm³/mol. The number of rotatable bonds is 3. The highest BCUT2D eigenvalue weighted by atomic mass is 16.4. The van der Waals surface area contributed by atoms with Gasteiger partial charge in [0.2, 0.25) is 0 Å². The second-order valence-corrected chi connectivity index (χ2v) is 6.23. The lowest BCUT2D eigenvalue weighted by Crippen LogP contribution is -2.54. The molecule has 2 N–H and O–H groups in total. The van der Waals surface area contributed by atoms with Gasteiger partial charge in [-0.1, -0.05) is 18.2 Å². The molecule has 27 heavy (non-hydrogen) atoms. The van der Waals surface area contributed by atoms with Gasteiger partial charge in [0, 0.05) is 0 Å². The molecule has 3 rings (SSSR count). The van der Waals surface area contributed by atoms with Gasteiger partial charge < -0.3 is 5.11 Å². The third-order valence-corrected chi connectivity index (χ3v) is 4.03. The molecule has 7 nitrogen and oxygen atoms in total. The van der Waals surface area contributed by atoms with Gasteiger partial charge in [0.25, 0.3) is 11.8 Å². The molecule has 0 atom stereocenters. The standard InChI is InChI=1S/C20H16N2O5/c1-11-7-12(2)9-15(8-11)22-18(24)16(17(23)21-20(22)27)10-13-3-5-14(6-4-13)19(25)26/h3-10H,1-2H3,(H,25,26)(H,21,23,27). The molecule has 0 spiro atoms. The highest BCUT2D eigenvalue weighted by molar-refractivity contribution is 6.39. The van der Waals surface area contributed by atoms with Crippen molar-refractivity contribution in [3.05, 3.63) is 70.3 Å². The third-order valence-electron chi connectivity index (χ3n) is 4.03. The fourth-order valence-electron chi connectivity index (χ4n) is 2.86. The van der Waals surface area contributed by atoms with E-state index >= 15 is 0 Å². The Morgan fingerprint density at radius 3 is 2.15 bits per heavy atom. The number of imide groups is 2. The predicted octanol–water partition coefficient (Wildman–Crippen LogP) is 2.67. The number of nitrogens with zero attached hydrogens (tertiary/aromatic N) is 1. The quantitative estimate of drug-likeness (QED) is 0.644. The Bertz CT molecular complexity index is 985. The normalized spacial score (nSPS) is 15.9. The maximum absolute atomic E-state index is 12.8. The van der Waals surface area contributed by atoms with Crippen LogP contribution < -0.4 is 10.2 Å². The lowest BCUT2D eigenvalue weighted by Gasteiger charge is -2.27. The van der Waals surface area contributed by atoms with Gasteiger partial charge in [-0.05, 0) is 60.9 Å². The van der Waals surface area contributed by atoms with Crippen molar-refractivity contribution in [3.8, 4) is 0 Å². The summed E-state index contributed by atoms with van der Waals surface area (Å²) in [6.07, 6.45) is 1.32. The number of carboxylic acids is 1. The minimum absolute atomic E-state index is 0.0867. The van der Waals surface area contributed by atoms with Crippen molar-refractivity contribution < 1.29 is 24.3 Å². The van der Waals surface area contributed by atoms with E-state index < -0.39 is 23.8 Å². The number of anilines is 1. The number of aryl methyl sites for hydroxylation is 2. The monoisotopic (exact) mass is 364 g/mol. The number of nitrogens with one attached hydrogen (secondary N) is 1. The van der Waals surface area contributed by atoms with Crippen LogP contribution in [0.2, 0.25) is 0 Å². The lowest BCUT2D eigenvalue weighted by atomic mass is 10.0. The summed E-state index contributed by atoms with van der Waals surface area (Å²) < 4.78 is 0. The van der Waals surface area contributed by atoms with Crippen LogP contribution in [0.3, 0.4) is 0 Å². The van der Waals surface area contributed by atoms with E-state index in [-0.39, 0.29) is 11.1 Å². The molecule has 0 bridgehead atoms. The van der Waals surface area contributed by atoms with Crippen LogP contribution >= 0.6 is 0 Å². The van der Waals surface area contributed by atoms with Gasteiger partial charge in [-0.15, -0.1) is 0 Å². The Labute approximate surface area is 154 Å². The second-order valence-electron chi connectivity index (χ2n) is 6.23. The van der Waals surface area contributed by atoms with Gasteiger partial charge in [-0.3, -0.25) is 14.9 Å². The molecule has 1 heterocycles. The van der Waals surface area contributed by atoms with Crippen LogP contribution in [0.25, 0.3) is 6.08 Å². The number of amides is 4. The Morgan fingerprint density at radius 2 is 1.59 bits per heavy atom. The molecule has 0 aromatic heterocycles. The zero-order valence-electron chi connectivity index (χ0n) is 14.6. The molecule has 0 aliphatic carbocycles. The highest BCUT2D eigenvalue weighted by Crippen LogP contribution is 2.24. The van der Waals surface area contributed by atoms with Crippen LogP contribution in [-0.2, 0) is 9.59 Å². The minimum atomic E-state index is -1.08. The maximum Gasteiger partial charge on any atom is 0.335 e. The van der Waals surface area contributed by atoms with Gasteiger partial charge in [-0.25, -0.2) is 14.5 Å². The van der Waals surface area contributed by atoms with Crippen molar-refractivity contribution in [2.24, 2.45) is 0 Å². The summed E-state index contributed by atoms with van der Waals surface area (Å²) in [6.45, 7) is 3.68. The molecule has 1 fully saturated rings. The first-order valence-corrected chi connectivity index (χ1v) is 8.09. The molecule has 1 aliphatic heterocycles.